The molecule has 0 saturated heterocycles. The van der Waals surface area contributed by atoms with Crippen LogP contribution >= 0.6 is 12.4 Å². The number of para-hydroxylation sites is 1. The molecule has 1 atom stereocenters. The summed E-state index contributed by atoms with van der Waals surface area (Å²) in [6.45, 7) is 8.37. The van der Waals surface area contributed by atoms with Gasteiger partial charge in [-0.3, -0.25) is 0 Å². The highest BCUT2D eigenvalue weighted by molar-refractivity contribution is 5.85. The minimum absolute atomic E-state index is 0. The van der Waals surface area contributed by atoms with E-state index < -0.39 is 0 Å². The molecule has 0 amide bonds. The van der Waals surface area contributed by atoms with E-state index in [4.69, 9.17) is 5.73 Å². The van der Waals surface area contributed by atoms with Gasteiger partial charge in [0.15, 0.2) is 0 Å². The third kappa shape index (κ3) is 4.21. The lowest BCUT2D eigenvalue weighted by Gasteiger charge is -2.22. The second-order valence-corrected chi connectivity index (χ2v) is 5.44. The summed E-state index contributed by atoms with van der Waals surface area (Å²) in [5, 5.41) is 10.2. The SMILES string of the molecule is CCC(N)Cc1cccc(C(C)(C)C)c1O.Cl. The van der Waals surface area contributed by atoms with Gasteiger partial charge in [-0.15, -0.1) is 12.4 Å². The van der Waals surface area contributed by atoms with Crippen molar-refractivity contribution in [3.8, 4) is 5.75 Å². The van der Waals surface area contributed by atoms with E-state index >= 15 is 0 Å². The molecule has 0 aliphatic rings. The molecule has 0 aliphatic carbocycles. The minimum atomic E-state index is -0.0313. The Labute approximate surface area is 111 Å². The zero-order chi connectivity index (χ0) is 12.3. The topological polar surface area (TPSA) is 46.2 Å². The fraction of sp³-hybridized carbons (Fsp3) is 0.571. The van der Waals surface area contributed by atoms with Gasteiger partial charge in [-0.2, -0.15) is 0 Å². The summed E-state index contributed by atoms with van der Waals surface area (Å²) in [5.41, 5.74) is 7.84. The van der Waals surface area contributed by atoms with Crippen molar-refractivity contribution in [2.45, 2.75) is 52.0 Å². The van der Waals surface area contributed by atoms with E-state index in [2.05, 4.69) is 27.7 Å². The zero-order valence-electron chi connectivity index (χ0n) is 11.2. The van der Waals surface area contributed by atoms with Crippen molar-refractivity contribution in [3.05, 3.63) is 29.3 Å². The molecule has 1 unspecified atom stereocenters. The number of hydrogen-bond acceptors (Lipinski definition) is 2. The molecule has 0 saturated carbocycles. The number of nitrogens with two attached hydrogens (primary N) is 1. The van der Waals surface area contributed by atoms with Crippen LogP contribution in [-0.2, 0) is 11.8 Å². The molecule has 17 heavy (non-hydrogen) atoms. The van der Waals surface area contributed by atoms with Crippen molar-refractivity contribution in [2.75, 3.05) is 0 Å². The Morgan fingerprint density at radius 1 is 1.29 bits per heavy atom. The molecule has 1 aromatic rings. The van der Waals surface area contributed by atoms with E-state index in [0.29, 0.717) is 5.75 Å². The maximum atomic E-state index is 10.2. The highest BCUT2D eigenvalue weighted by Crippen LogP contribution is 2.33. The number of benzene rings is 1. The zero-order valence-corrected chi connectivity index (χ0v) is 12.0. The summed E-state index contributed by atoms with van der Waals surface area (Å²) in [4.78, 5) is 0. The van der Waals surface area contributed by atoms with Crippen LogP contribution in [0.15, 0.2) is 18.2 Å². The number of phenols is 1. The molecule has 1 aromatic carbocycles. The van der Waals surface area contributed by atoms with Gasteiger partial charge in [0.25, 0.3) is 0 Å². The smallest absolute Gasteiger partial charge is 0.122 e. The monoisotopic (exact) mass is 257 g/mol. The van der Waals surface area contributed by atoms with Crippen LogP contribution in [0.5, 0.6) is 5.75 Å². The third-order valence-electron chi connectivity index (χ3n) is 2.93. The van der Waals surface area contributed by atoms with Crippen LogP contribution in [0.1, 0.15) is 45.2 Å². The minimum Gasteiger partial charge on any atom is -0.507 e. The van der Waals surface area contributed by atoms with Gasteiger partial charge in [-0.05, 0) is 29.4 Å². The fourth-order valence-electron chi connectivity index (χ4n) is 1.79. The van der Waals surface area contributed by atoms with E-state index in [-0.39, 0.29) is 23.9 Å². The van der Waals surface area contributed by atoms with E-state index in [1.54, 1.807) is 0 Å². The van der Waals surface area contributed by atoms with Crippen LogP contribution < -0.4 is 5.73 Å². The van der Waals surface area contributed by atoms with E-state index in [1.165, 1.54) is 0 Å². The maximum absolute atomic E-state index is 10.2. The lowest BCUT2D eigenvalue weighted by atomic mass is 9.84. The molecule has 2 nitrogen and oxygen atoms in total. The molecule has 1 rings (SSSR count). The van der Waals surface area contributed by atoms with Crippen molar-refractivity contribution in [2.24, 2.45) is 5.73 Å². The van der Waals surface area contributed by atoms with Crippen molar-refractivity contribution in [3.63, 3.8) is 0 Å². The summed E-state index contributed by atoms with van der Waals surface area (Å²) in [7, 11) is 0. The maximum Gasteiger partial charge on any atom is 0.122 e. The highest BCUT2D eigenvalue weighted by atomic mass is 35.5. The lowest BCUT2D eigenvalue weighted by Crippen LogP contribution is -2.22. The van der Waals surface area contributed by atoms with Crippen LogP contribution in [-0.4, -0.2) is 11.1 Å². The van der Waals surface area contributed by atoms with Gasteiger partial charge in [0.1, 0.15) is 5.75 Å². The second kappa shape index (κ2) is 6.27. The molecule has 0 heterocycles. The summed E-state index contributed by atoms with van der Waals surface area (Å²) >= 11 is 0. The first-order chi connectivity index (χ1) is 7.36. The first kappa shape index (κ1) is 16.3. The Morgan fingerprint density at radius 3 is 2.35 bits per heavy atom. The van der Waals surface area contributed by atoms with Crippen LogP contribution in [0, 0.1) is 0 Å². The highest BCUT2D eigenvalue weighted by Gasteiger charge is 2.20. The Hall–Kier alpha value is -0.730. The molecule has 0 radical (unpaired) electrons. The third-order valence-corrected chi connectivity index (χ3v) is 2.93. The van der Waals surface area contributed by atoms with Gasteiger partial charge < -0.3 is 10.8 Å². The summed E-state index contributed by atoms with van der Waals surface area (Å²) < 4.78 is 0. The van der Waals surface area contributed by atoms with Gasteiger partial charge in [-0.1, -0.05) is 45.9 Å². The molecule has 3 N–H and O–H groups in total. The average Bonchev–Trinajstić information content (AvgIpc) is 2.19. The van der Waals surface area contributed by atoms with Crippen LogP contribution in [0.25, 0.3) is 0 Å². The van der Waals surface area contributed by atoms with E-state index in [0.717, 1.165) is 24.0 Å². The lowest BCUT2D eigenvalue weighted by molar-refractivity contribution is 0.437. The predicted octanol–water partition coefficient (Wildman–Crippen LogP) is 3.39. The summed E-state index contributed by atoms with van der Waals surface area (Å²) in [6.07, 6.45) is 1.67. The summed E-state index contributed by atoms with van der Waals surface area (Å²) in [6, 6.07) is 6.06. The molecular formula is C14H24ClNO. The first-order valence-electron chi connectivity index (χ1n) is 5.93. The van der Waals surface area contributed by atoms with Crippen molar-refractivity contribution < 1.29 is 5.11 Å². The number of phenolic OH excluding ortho intramolecular Hbond substituents is 1. The quantitative estimate of drug-likeness (QED) is 0.872. The molecule has 3 heteroatoms. The Morgan fingerprint density at radius 2 is 1.88 bits per heavy atom. The largest absolute Gasteiger partial charge is 0.507 e. The molecule has 0 bridgehead atoms. The first-order valence-corrected chi connectivity index (χ1v) is 5.93. The summed E-state index contributed by atoms with van der Waals surface area (Å²) in [5.74, 6) is 0.416. The molecule has 98 valence electrons. The standard InChI is InChI=1S/C14H23NO.ClH/c1-5-11(15)9-10-7-6-8-12(13(10)16)14(2,3)4;/h6-8,11,16H,5,9,15H2,1-4H3;1H. The number of rotatable bonds is 3. The Kier molecular flexibility index (Phi) is 6.00. The van der Waals surface area contributed by atoms with Crippen LogP contribution in [0.3, 0.4) is 0 Å². The molecule has 0 aliphatic heterocycles. The second-order valence-electron chi connectivity index (χ2n) is 5.44. The van der Waals surface area contributed by atoms with Gasteiger partial charge in [0.2, 0.25) is 0 Å². The van der Waals surface area contributed by atoms with Gasteiger partial charge >= 0.3 is 0 Å². The number of aromatic hydroxyl groups is 1. The number of hydrogen-bond donors (Lipinski definition) is 2. The molecule has 0 aromatic heterocycles. The van der Waals surface area contributed by atoms with Gasteiger partial charge in [-0.25, -0.2) is 0 Å². The fourth-order valence-corrected chi connectivity index (χ4v) is 1.79. The average molecular weight is 258 g/mol. The molecular weight excluding hydrogens is 234 g/mol. The molecule has 0 fully saturated rings. The Bertz CT molecular complexity index is 358. The van der Waals surface area contributed by atoms with Crippen molar-refractivity contribution >= 4 is 12.4 Å². The number of halogens is 1. The molecule has 0 spiro atoms. The van der Waals surface area contributed by atoms with Crippen molar-refractivity contribution in [1.29, 1.82) is 0 Å². The van der Waals surface area contributed by atoms with Gasteiger partial charge in [0.05, 0.1) is 0 Å². The van der Waals surface area contributed by atoms with Gasteiger partial charge in [0, 0.05) is 6.04 Å². The van der Waals surface area contributed by atoms with E-state index in [9.17, 15) is 5.11 Å². The Balaban J connectivity index is 0.00000256. The van der Waals surface area contributed by atoms with Crippen LogP contribution in [0.4, 0.5) is 0 Å². The van der Waals surface area contributed by atoms with Crippen molar-refractivity contribution in [1.82, 2.24) is 0 Å². The van der Waals surface area contributed by atoms with E-state index in [1.807, 2.05) is 18.2 Å². The van der Waals surface area contributed by atoms with Crippen LogP contribution in [0.2, 0.25) is 0 Å². The predicted molar refractivity (Wildman–Crippen MR) is 76.0 cm³/mol. The normalized spacial score (nSPS) is 13.0.